The minimum Gasteiger partial charge on any atom is -0.321 e. The van der Waals surface area contributed by atoms with Gasteiger partial charge in [-0.2, -0.15) is 13.2 Å². The van der Waals surface area contributed by atoms with Crippen LogP contribution in [0.2, 0.25) is 0 Å². The molecule has 1 amide bonds. The molecule has 0 spiro atoms. The number of amides is 1. The molecule has 2 aromatic carbocycles. The molecule has 0 saturated heterocycles. The van der Waals surface area contributed by atoms with Crippen molar-refractivity contribution < 1.29 is 22.4 Å². The van der Waals surface area contributed by atoms with Gasteiger partial charge in [0.2, 0.25) is 5.95 Å². The number of aryl methyl sites for hydroxylation is 1. The summed E-state index contributed by atoms with van der Waals surface area (Å²) >= 11 is 0. The van der Waals surface area contributed by atoms with E-state index in [2.05, 4.69) is 16.3 Å². The average molecular weight is 417 g/mol. The molecule has 0 saturated carbocycles. The molecule has 0 bridgehead atoms. The third kappa shape index (κ3) is 5.95. The quantitative estimate of drug-likeness (QED) is 0.478. The van der Waals surface area contributed by atoms with Gasteiger partial charge >= 0.3 is 5.92 Å². The Hall–Kier alpha value is -3.60. The smallest absolute Gasteiger partial charge is 0.305 e. The third-order valence-corrected chi connectivity index (χ3v) is 3.83. The maximum absolute atomic E-state index is 13.7. The number of rotatable bonds is 3. The standard InChI is InChI=1S/C21H16F3N3O.CH3F/c1-21(23,24)12-11-14-7-9-15(10-8-14)16-5-3-4-6-18(16)25-20(28)17-13-27(2)26-19(17)22;1-2/h3-10,13H,1-2H3,(H,25,28);1H3. The van der Waals surface area contributed by atoms with Crippen molar-refractivity contribution >= 4 is 11.6 Å². The Labute approximate surface area is 171 Å². The van der Waals surface area contributed by atoms with Crippen LogP contribution in [0.3, 0.4) is 0 Å². The predicted octanol–water partition coefficient (Wildman–Crippen LogP) is 5.07. The van der Waals surface area contributed by atoms with Crippen LogP contribution in [-0.2, 0) is 7.05 Å². The topological polar surface area (TPSA) is 46.9 Å². The fourth-order valence-electron chi connectivity index (χ4n) is 2.56. The summed E-state index contributed by atoms with van der Waals surface area (Å²) in [4.78, 5) is 12.4. The number of carbonyl (C=O) groups excluding carboxylic acids is 1. The predicted molar refractivity (Wildman–Crippen MR) is 108 cm³/mol. The van der Waals surface area contributed by atoms with E-state index in [1.54, 1.807) is 48.5 Å². The van der Waals surface area contributed by atoms with Crippen molar-refractivity contribution in [3.8, 4) is 23.0 Å². The first-order valence-electron chi connectivity index (χ1n) is 8.72. The van der Waals surface area contributed by atoms with Crippen LogP contribution in [0.1, 0.15) is 22.8 Å². The molecule has 1 aromatic heterocycles. The Morgan fingerprint density at radius 2 is 1.73 bits per heavy atom. The second-order valence-electron chi connectivity index (χ2n) is 6.22. The number of anilines is 1. The van der Waals surface area contributed by atoms with Gasteiger partial charge in [0.05, 0.1) is 7.18 Å². The first-order valence-corrected chi connectivity index (χ1v) is 8.72. The van der Waals surface area contributed by atoms with Crippen LogP contribution in [0.5, 0.6) is 0 Å². The second-order valence-corrected chi connectivity index (χ2v) is 6.22. The summed E-state index contributed by atoms with van der Waals surface area (Å²) in [5.74, 6) is -0.236. The minimum atomic E-state index is -3.06. The lowest BCUT2D eigenvalue weighted by molar-refractivity contribution is 0.0888. The SMILES string of the molecule is CF.Cn1cc(C(=O)Nc2ccccc2-c2ccc(C#CC(C)(F)F)cc2)c(F)n1. The van der Waals surface area contributed by atoms with Gasteiger partial charge in [0.15, 0.2) is 0 Å². The van der Waals surface area contributed by atoms with Gasteiger partial charge in [-0.1, -0.05) is 36.3 Å². The molecule has 156 valence electrons. The van der Waals surface area contributed by atoms with E-state index >= 15 is 0 Å². The van der Waals surface area contributed by atoms with Gasteiger partial charge in [0.25, 0.3) is 5.91 Å². The van der Waals surface area contributed by atoms with Crippen LogP contribution in [-0.4, -0.2) is 28.8 Å². The molecular formula is C22H19F4N3O. The third-order valence-electron chi connectivity index (χ3n) is 3.83. The Balaban J connectivity index is 0.00000155. The Morgan fingerprint density at radius 3 is 2.30 bits per heavy atom. The number of benzene rings is 2. The highest BCUT2D eigenvalue weighted by molar-refractivity contribution is 6.06. The summed E-state index contributed by atoms with van der Waals surface area (Å²) in [6, 6.07) is 13.7. The number of alkyl halides is 3. The number of nitrogens with one attached hydrogen (secondary N) is 1. The first-order chi connectivity index (χ1) is 14.2. The number of hydrogen-bond acceptors (Lipinski definition) is 2. The van der Waals surface area contributed by atoms with Crippen molar-refractivity contribution in [3.05, 3.63) is 71.8 Å². The van der Waals surface area contributed by atoms with Crippen LogP contribution in [0.4, 0.5) is 23.2 Å². The van der Waals surface area contributed by atoms with E-state index in [1.807, 2.05) is 5.92 Å². The molecule has 30 heavy (non-hydrogen) atoms. The van der Waals surface area contributed by atoms with Crippen molar-refractivity contribution in [3.63, 3.8) is 0 Å². The zero-order valence-corrected chi connectivity index (χ0v) is 16.5. The zero-order valence-electron chi connectivity index (χ0n) is 16.5. The van der Waals surface area contributed by atoms with Gasteiger partial charge in [0.1, 0.15) is 5.56 Å². The van der Waals surface area contributed by atoms with E-state index < -0.39 is 17.8 Å². The molecule has 0 aliphatic heterocycles. The van der Waals surface area contributed by atoms with Gasteiger partial charge in [-0.3, -0.25) is 13.9 Å². The molecule has 0 fully saturated rings. The van der Waals surface area contributed by atoms with Crippen LogP contribution < -0.4 is 5.32 Å². The summed E-state index contributed by atoms with van der Waals surface area (Å²) in [6.45, 7) is 0.735. The molecule has 0 aliphatic carbocycles. The number of aromatic nitrogens is 2. The van der Waals surface area contributed by atoms with Gasteiger partial charge in [-0.25, -0.2) is 0 Å². The molecule has 3 aromatic rings. The largest absolute Gasteiger partial charge is 0.321 e. The van der Waals surface area contributed by atoms with E-state index in [9.17, 15) is 22.4 Å². The lowest BCUT2D eigenvalue weighted by Gasteiger charge is -2.11. The van der Waals surface area contributed by atoms with Crippen molar-refractivity contribution in [1.82, 2.24) is 9.78 Å². The highest BCUT2D eigenvalue weighted by atomic mass is 19.3. The summed E-state index contributed by atoms with van der Waals surface area (Å²) < 4.78 is 50.1. The van der Waals surface area contributed by atoms with Crippen LogP contribution in [0, 0.1) is 17.8 Å². The van der Waals surface area contributed by atoms with Crippen molar-refractivity contribution in [2.45, 2.75) is 12.8 Å². The fourth-order valence-corrected chi connectivity index (χ4v) is 2.56. The lowest BCUT2D eigenvalue weighted by atomic mass is 10.0. The van der Waals surface area contributed by atoms with E-state index in [-0.39, 0.29) is 5.56 Å². The normalized spacial score (nSPS) is 10.4. The van der Waals surface area contributed by atoms with Crippen LogP contribution in [0.25, 0.3) is 11.1 Å². The Bertz CT molecular complexity index is 1070. The average Bonchev–Trinajstić information content (AvgIpc) is 3.06. The van der Waals surface area contributed by atoms with Crippen molar-refractivity contribution in [2.75, 3.05) is 12.5 Å². The summed E-state index contributed by atoms with van der Waals surface area (Å²) in [5.41, 5.74) is 2.21. The summed E-state index contributed by atoms with van der Waals surface area (Å²) in [5, 5.41) is 6.20. The van der Waals surface area contributed by atoms with Crippen molar-refractivity contribution in [2.24, 2.45) is 7.05 Å². The number of para-hydroxylation sites is 1. The maximum atomic E-state index is 13.7. The first kappa shape index (κ1) is 22.7. The lowest BCUT2D eigenvalue weighted by Crippen LogP contribution is -2.13. The molecule has 0 radical (unpaired) electrons. The molecule has 3 rings (SSSR count). The molecule has 1 heterocycles. The molecule has 0 atom stereocenters. The molecule has 8 heteroatoms. The van der Waals surface area contributed by atoms with E-state index in [0.717, 1.165) is 12.5 Å². The number of carbonyl (C=O) groups is 1. The van der Waals surface area contributed by atoms with Crippen LogP contribution in [0.15, 0.2) is 54.7 Å². The van der Waals surface area contributed by atoms with Gasteiger partial charge < -0.3 is 5.32 Å². The Morgan fingerprint density at radius 1 is 1.10 bits per heavy atom. The summed E-state index contributed by atoms with van der Waals surface area (Å²) in [7, 11) is 2.02. The highest BCUT2D eigenvalue weighted by Crippen LogP contribution is 2.28. The molecular weight excluding hydrogens is 398 g/mol. The number of nitrogens with zero attached hydrogens (tertiary/aromatic N) is 2. The number of hydrogen-bond donors (Lipinski definition) is 1. The molecule has 4 nitrogen and oxygen atoms in total. The molecule has 0 unspecified atom stereocenters. The zero-order chi connectivity index (χ0) is 22.3. The van der Waals surface area contributed by atoms with E-state index in [1.165, 1.54) is 17.9 Å². The van der Waals surface area contributed by atoms with Gasteiger partial charge in [-0.05, 0) is 29.7 Å². The van der Waals surface area contributed by atoms with E-state index in [4.69, 9.17) is 0 Å². The van der Waals surface area contributed by atoms with Crippen LogP contribution >= 0.6 is 0 Å². The monoisotopic (exact) mass is 417 g/mol. The second kappa shape index (κ2) is 9.74. The van der Waals surface area contributed by atoms with E-state index in [0.29, 0.717) is 24.0 Å². The molecule has 1 N–H and O–H groups in total. The Kier molecular flexibility index (Phi) is 7.37. The van der Waals surface area contributed by atoms with Gasteiger partial charge in [0, 0.05) is 37.0 Å². The van der Waals surface area contributed by atoms with Crippen molar-refractivity contribution in [1.29, 1.82) is 0 Å². The summed E-state index contributed by atoms with van der Waals surface area (Å²) in [6.07, 6.45) is 1.30. The maximum Gasteiger partial charge on any atom is 0.305 e. The number of halogens is 4. The molecule has 0 aliphatic rings. The fraction of sp³-hybridized carbons (Fsp3) is 0.182. The minimum absolute atomic E-state index is 0.164. The van der Waals surface area contributed by atoms with Gasteiger partial charge in [-0.15, -0.1) is 5.10 Å². The highest BCUT2D eigenvalue weighted by Gasteiger charge is 2.17.